The maximum atomic E-state index is 14.3. The summed E-state index contributed by atoms with van der Waals surface area (Å²) in [5.74, 6) is 0.499. The summed E-state index contributed by atoms with van der Waals surface area (Å²) in [7, 11) is 3.22. The molecule has 4 rings (SSSR count). The van der Waals surface area contributed by atoms with Gasteiger partial charge in [0.25, 0.3) is 5.88 Å². The minimum atomic E-state index is -0.731. The zero-order valence-corrected chi connectivity index (χ0v) is 20.8. The van der Waals surface area contributed by atoms with Crippen molar-refractivity contribution in [1.29, 1.82) is 0 Å². The molecule has 0 atom stereocenters. The van der Waals surface area contributed by atoms with Gasteiger partial charge in [-0.3, -0.25) is 4.79 Å². The molecule has 192 valence electrons. The molecule has 3 aromatic carbocycles. The van der Waals surface area contributed by atoms with Gasteiger partial charge in [-0.1, -0.05) is 36.9 Å². The number of ether oxygens (including phenoxy) is 3. The summed E-state index contributed by atoms with van der Waals surface area (Å²) >= 11 is 0. The molecule has 9 heteroatoms. The van der Waals surface area contributed by atoms with E-state index in [0.29, 0.717) is 28.6 Å². The molecule has 38 heavy (non-hydrogen) atoms. The van der Waals surface area contributed by atoms with Crippen molar-refractivity contribution in [2.75, 3.05) is 24.9 Å². The van der Waals surface area contributed by atoms with Crippen molar-refractivity contribution in [2.24, 2.45) is 0 Å². The third kappa shape index (κ3) is 6.94. The third-order valence-electron chi connectivity index (χ3n) is 5.22. The van der Waals surface area contributed by atoms with E-state index in [4.69, 9.17) is 14.2 Å². The Kier molecular flexibility index (Phi) is 8.30. The number of methoxy groups -OCH3 is 2. The Morgan fingerprint density at radius 1 is 0.895 bits per heavy atom. The van der Waals surface area contributed by atoms with Crippen molar-refractivity contribution >= 4 is 35.4 Å². The maximum Gasteiger partial charge on any atom is 0.260 e. The van der Waals surface area contributed by atoms with Crippen LogP contribution in [0, 0.1) is 5.82 Å². The second-order valence-corrected chi connectivity index (χ2v) is 7.90. The molecule has 0 saturated carbocycles. The number of nitrogens with zero attached hydrogens (tertiary/aromatic N) is 2. The van der Waals surface area contributed by atoms with Crippen LogP contribution in [0.25, 0.3) is 12.2 Å². The lowest BCUT2D eigenvalue weighted by Crippen LogP contribution is -2.07. The fourth-order valence-corrected chi connectivity index (χ4v) is 3.35. The number of nitrogens with one attached hydrogen (secondary N) is 2. The molecule has 0 radical (unpaired) electrons. The van der Waals surface area contributed by atoms with E-state index < -0.39 is 5.82 Å². The van der Waals surface area contributed by atoms with E-state index in [9.17, 15) is 9.18 Å². The van der Waals surface area contributed by atoms with Crippen LogP contribution in [0.5, 0.6) is 23.1 Å². The van der Waals surface area contributed by atoms with Crippen LogP contribution >= 0.6 is 0 Å². The number of rotatable bonds is 10. The van der Waals surface area contributed by atoms with Crippen molar-refractivity contribution in [3.05, 3.63) is 103 Å². The molecule has 0 aliphatic carbocycles. The van der Waals surface area contributed by atoms with Gasteiger partial charge in [-0.05, 0) is 53.6 Å². The van der Waals surface area contributed by atoms with Crippen LogP contribution in [0.1, 0.15) is 11.1 Å². The fourth-order valence-electron chi connectivity index (χ4n) is 3.35. The molecule has 0 aliphatic rings. The highest BCUT2D eigenvalue weighted by Crippen LogP contribution is 2.27. The summed E-state index contributed by atoms with van der Waals surface area (Å²) in [5, 5.41) is 5.66. The molecule has 1 amide bonds. The normalized spacial score (nSPS) is 10.6. The first-order chi connectivity index (χ1) is 18.4. The molecular formula is C29H25FN4O4. The van der Waals surface area contributed by atoms with Crippen molar-refractivity contribution in [2.45, 2.75) is 0 Å². The van der Waals surface area contributed by atoms with Crippen LogP contribution < -0.4 is 24.8 Å². The Hall–Kier alpha value is -5.18. The van der Waals surface area contributed by atoms with E-state index in [0.717, 1.165) is 23.4 Å². The topological polar surface area (TPSA) is 94.6 Å². The van der Waals surface area contributed by atoms with Gasteiger partial charge in [-0.2, -0.15) is 9.37 Å². The SMILES string of the molecule is C=CC(=O)Nc1cccc(Oc2nc(Nc3ccc(/C=C/c4cc(OC)cc(OC)c4)cc3)ncc2F)c1. The lowest BCUT2D eigenvalue weighted by atomic mass is 10.1. The first kappa shape index (κ1) is 25.9. The van der Waals surface area contributed by atoms with Gasteiger partial charge in [0.1, 0.15) is 17.2 Å². The van der Waals surface area contributed by atoms with Gasteiger partial charge >= 0.3 is 0 Å². The Bertz CT molecular complexity index is 1450. The van der Waals surface area contributed by atoms with E-state index in [1.165, 1.54) is 0 Å². The molecule has 0 unspecified atom stereocenters. The highest BCUT2D eigenvalue weighted by molar-refractivity contribution is 5.98. The number of hydrogen-bond acceptors (Lipinski definition) is 7. The number of carbonyl (C=O) groups excluding carboxylic acids is 1. The highest BCUT2D eigenvalue weighted by atomic mass is 19.1. The summed E-state index contributed by atoms with van der Waals surface area (Å²) in [6, 6.07) is 19.7. The van der Waals surface area contributed by atoms with Gasteiger partial charge < -0.3 is 24.8 Å². The molecule has 8 nitrogen and oxygen atoms in total. The van der Waals surface area contributed by atoms with Crippen molar-refractivity contribution in [3.63, 3.8) is 0 Å². The number of aromatic nitrogens is 2. The first-order valence-electron chi connectivity index (χ1n) is 11.5. The molecule has 0 bridgehead atoms. The lowest BCUT2D eigenvalue weighted by molar-refractivity contribution is -0.111. The Labute approximate surface area is 219 Å². The van der Waals surface area contributed by atoms with Crippen LogP contribution in [0.2, 0.25) is 0 Å². The summed E-state index contributed by atoms with van der Waals surface area (Å²) in [4.78, 5) is 19.7. The summed E-state index contributed by atoms with van der Waals surface area (Å²) in [6.07, 6.45) is 6.09. The van der Waals surface area contributed by atoms with Crippen LogP contribution in [0.4, 0.5) is 21.7 Å². The molecule has 0 spiro atoms. The van der Waals surface area contributed by atoms with Crippen LogP contribution in [0.3, 0.4) is 0 Å². The van der Waals surface area contributed by atoms with Crippen molar-refractivity contribution < 1.29 is 23.4 Å². The number of hydrogen-bond donors (Lipinski definition) is 2. The van der Waals surface area contributed by atoms with Crippen LogP contribution in [-0.4, -0.2) is 30.1 Å². The van der Waals surface area contributed by atoms with Gasteiger partial charge in [0.15, 0.2) is 0 Å². The van der Waals surface area contributed by atoms with E-state index >= 15 is 0 Å². The highest BCUT2D eigenvalue weighted by Gasteiger charge is 2.11. The zero-order chi connectivity index (χ0) is 26.9. The summed E-state index contributed by atoms with van der Waals surface area (Å²) in [5.41, 5.74) is 3.07. The third-order valence-corrected chi connectivity index (χ3v) is 5.22. The molecule has 0 aliphatic heterocycles. The monoisotopic (exact) mass is 512 g/mol. The van der Waals surface area contributed by atoms with Crippen molar-refractivity contribution in [3.8, 4) is 23.1 Å². The van der Waals surface area contributed by atoms with Gasteiger partial charge in [-0.15, -0.1) is 0 Å². The van der Waals surface area contributed by atoms with E-state index in [1.807, 2.05) is 54.6 Å². The number of benzene rings is 3. The minimum Gasteiger partial charge on any atom is -0.497 e. The number of amides is 1. The average Bonchev–Trinajstić information content (AvgIpc) is 2.94. The van der Waals surface area contributed by atoms with Crippen molar-refractivity contribution in [1.82, 2.24) is 9.97 Å². The molecule has 0 saturated heterocycles. The predicted octanol–water partition coefficient (Wildman–Crippen LogP) is 6.46. The Morgan fingerprint density at radius 3 is 2.29 bits per heavy atom. The zero-order valence-electron chi connectivity index (χ0n) is 20.8. The predicted molar refractivity (Wildman–Crippen MR) is 146 cm³/mol. The second-order valence-electron chi connectivity index (χ2n) is 7.90. The van der Waals surface area contributed by atoms with Gasteiger partial charge in [-0.25, -0.2) is 4.98 Å². The molecule has 2 N–H and O–H groups in total. The minimum absolute atomic E-state index is 0.157. The standard InChI is InChI=1S/C29H25FN4O4/c1-4-27(35)32-22-6-5-7-23(16-22)38-28-26(30)18-31-29(34-28)33-21-12-10-19(11-13-21)8-9-20-14-24(36-2)17-25(15-20)37-3/h4-18H,1H2,2-3H3,(H,32,35)(H,31,33,34)/b9-8+. The number of carbonyl (C=O) groups is 1. The van der Waals surface area contributed by atoms with Crippen LogP contribution in [0.15, 0.2) is 85.6 Å². The molecule has 1 heterocycles. The Morgan fingerprint density at radius 2 is 1.61 bits per heavy atom. The van der Waals surface area contributed by atoms with Crippen LogP contribution in [-0.2, 0) is 4.79 Å². The molecule has 0 fully saturated rings. The Balaban J connectivity index is 1.44. The van der Waals surface area contributed by atoms with Gasteiger partial charge in [0.2, 0.25) is 17.7 Å². The quantitative estimate of drug-likeness (QED) is 0.186. The van der Waals surface area contributed by atoms with E-state index in [-0.39, 0.29) is 17.7 Å². The first-order valence-corrected chi connectivity index (χ1v) is 11.5. The second kappa shape index (κ2) is 12.2. The maximum absolute atomic E-state index is 14.3. The largest absolute Gasteiger partial charge is 0.497 e. The summed E-state index contributed by atoms with van der Waals surface area (Å²) < 4.78 is 30.6. The lowest BCUT2D eigenvalue weighted by Gasteiger charge is -2.10. The van der Waals surface area contributed by atoms with Gasteiger partial charge in [0, 0.05) is 23.5 Å². The van der Waals surface area contributed by atoms with E-state index in [1.54, 1.807) is 38.5 Å². The van der Waals surface area contributed by atoms with Gasteiger partial charge in [0.05, 0.1) is 20.4 Å². The average molecular weight is 513 g/mol. The molecule has 4 aromatic rings. The number of halogens is 1. The smallest absolute Gasteiger partial charge is 0.260 e. The fraction of sp³-hybridized carbons (Fsp3) is 0.0690. The summed E-state index contributed by atoms with van der Waals surface area (Å²) in [6.45, 7) is 3.41. The molecule has 1 aromatic heterocycles. The number of anilines is 3. The molecular weight excluding hydrogens is 487 g/mol. The van der Waals surface area contributed by atoms with E-state index in [2.05, 4.69) is 27.2 Å².